The van der Waals surface area contributed by atoms with Gasteiger partial charge in [-0.15, -0.1) is 0 Å². The van der Waals surface area contributed by atoms with Gasteiger partial charge in [-0.1, -0.05) is 5.16 Å². The Hall–Kier alpha value is -1.43. The topological polar surface area (TPSA) is 77.2 Å². The molecule has 0 saturated heterocycles. The van der Waals surface area contributed by atoms with Gasteiger partial charge in [-0.25, -0.2) is 0 Å². The highest BCUT2D eigenvalue weighted by Gasteiger charge is 2.39. The first kappa shape index (κ1) is 10.6. The van der Waals surface area contributed by atoms with E-state index in [1.807, 2.05) is 0 Å². The standard InChI is InChI=1S/C8H13N3O3/c1-5-10-6(11-14-5)8(2,13-4)7(12)9-3/h1-4H3,(H,9,12). The number of methoxy groups -OCH3 is 1. The number of hydrogen-bond donors (Lipinski definition) is 1. The van der Waals surface area contributed by atoms with Gasteiger partial charge in [0.05, 0.1) is 0 Å². The van der Waals surface area contributed by atoms with Gasteiger partial charge in [-0.2, -0.15) is 4.98 Å². The van der Waals surface area contributed by atoms with E-state index in [9.17, 15) is 4.79 Å². The van der Waals surface area contributed by atoms with Crippen molar-refractivity contribution in [1.29, 1.82) is 0 Å². The minimum atomic E-state index is -1.20. The normalized spacial score (nSPS) is 14.9. The maximum atomic E-state index is 11.5. The molecule has 0 aliphatic carbocycles. The monoisotopic (exact) mass is 199 g/mol. The first-order valence-corrected chi connectivity index (χ1v) is 4.12. The fraction of sp³-hybridized carbons (Fsp3) is 0.625. The molecule has 0 saturated carbocycles. The Balaban J connectivity index is 3.07. The minimum absolute atomic E-state index is 0.219. The van der Waals surface area contributed by atoms with Gasteiger partial charge in [0.15, 0.2) is 0 Å². The van der Waals surface area contributed by atoms with E-state index in [2.05, 4.69) is 15.5 Å². The summed E-state index contributed by atoms with van der Waals surface area (Å²) in [4.78, 5) is 15.5. The maximum absolute atomic E-state index is 11.5. The summed E-state index contributed by atoms with van der Waals surface area (Å²) in [5, 5.41) is 6.13. The number of ether oxygens (including phenoxy) is 1. The SMILES string of the molecule is CNC(=O)C(C)(OC)c1noc(C)n1. The highest BCUT2D eigenvalue weighted by molar-refractivity contribution is 5.84. The Morgan fingerprint density at radius 2 is 2.29 bits per heavy atom. The van der Waals surface area contributed by atoms with Crippen LogP contribution in [0.5, 0.6) is 0 Å². The van der Waals surface area contributed by atoms with Crippen molar-refractivity contribution in [1.82, 2.24) is 15.5 Å². The molecule has 1 unspecified atom stereocenters. The molecule has 0 aromatic carbocycles. The highest BCUT2D eigenvalue weighted by atomic mass is 16.5. The van der Waals surface area contributed by atoms with Crippen molar-refractivity contribution in [3.8, 4) is 0 Å². The van der Waals surface area contributed by atoms with Crippen LogP contribution in [0, 0.1) is 6.92 Å². The van der Waals surface area contributed by atoms with Crippen LogP contribution in [-0.4, -0.2) is 30.2 Å². The zero-order chi connectivity index (χ0) is 10.8. The van der Waals surface area contributed by atoms with Crippen LogP contribution in [0.2, 0.25) is 0 Å². The molecule has 6 nitrogen and oxygen atoms in total. The number of aromatic nitrogens is 2. The Labute approximate surface area is 81.6 Å². The lowest BCUT2D eigenvalue weighted by atomic mass is 10.1. The van der Waals surface area contributed by atoms with E-state index in [4.69, 9.17) is 9.26 Å². The molecule has 1 rings (SSSR count). The Morgan fingerprint density at radius 1 is 1.64 bits per heavy atom. The number of rotatable bonds is 3. The van der Waals surface area contributed by atoms with Crippen molar-refractivity contribution in [2.45, 2.75) is 19.4 Å². The molecule has 6 heteroatoms. The maximum Gasteiger partial charge on any atom is 0.259 e. The summed E-state index contributed by atoms with van der Waals surface area (Å²) < 4.78 is 9.88. The second-order valence-electron chi connectivity index (χ2n) is 2.95. The van der Waals surface area contributed by atoms with Gasteiger partial charge < -0.3 is 14.6 Å². The van der Waals surface area contributed by atoms with E-state index in [1.54, 1.807) is 13.8 Å². The number of hydrogen-bond acceptors (Lipinski definition) is 5. The lowest BCUT2D eigenvalue weighted by molar-refractivity contribution is -0.143. The summed E-state index contributed by atoms with van der Waals surface area (Å²) in [6.07, 6.45) is 0. The largest absolute Gasteiger partial charge is 0.361 e. The molecule has 78 valence electrons. The summed E-state index contributed by atoms with van der Waals surface area (Å²) in [5.41, 5.74) is -1.20. The van der Waals surface area contributed by atoms with Crippen LogP contribution in [0.25, 0.3) is 0 Å². The van der Waals surface area contributed by atoms with Crippen LogP contribution in [0.3, 0.4) is 0 Å². The van der Waals surface area contributed by atoms with Gasteiger partial charge in [0.1, 0.15) is 0 Å². The molecular formula is C8H13N3O3. The second kappa shape index (κ2) is 3.75. The first-order valence-electron chi connectivity index (χ1n) is 4.12. The van der Waals surface area contributed by atoms with Crippen LogP contribution >= 0.6 is 0 Å². The summed E-state index contributed by atoms with van der Waals surface area (Å²) >= 11 is 0. The van der Waals surface area contributed by atoms with Crippen molar-refractivity contribution >= 4 is 5.91 Å². The second-order valence-corrected chi connectivity index (χ2v) is 2.95. The van der Waals surface area contributed by atoms with Crippen LogP contribution < -0.4 is 5.32 Å². The minimum Gasteiger partial charge on any atom is -0.361 e. The smallest absolute Gasteiger partial charge is 0.259 e. The fourth-order valence-corrected chi connectivity index (χ4v) is 1.02. The van der Waals surface area contributed by atoms with E-state index in [0.29, 0.717) is 5.89 Å². The van der Waals surface area contributed by atoms with Crippen LogP contribution in [0.1, 0.15) is 18.6 Å². The number of nitrogens with zero attached hydrogens (tertiary/aromatic N) is 2. The number of carbonyl (C=O) groups is 1. The molecule has 1 heterocycles. The molecule has 0 spiro atoms. The number of nitrogens with one attached hydrogen (secondary N) is 1. The van der Waals surface area contributed by atoms with Crippen molar-refractivity contribution in [3.63, 3.8) is 0 Å². The molecule has 0 bridgehead atoms. The van der Waals surface area contributed by atoms with E-state index < -0.39 is 5.60 Å². The van der Waals surface area contributed by atoms with Crippen molar-refractivity contribution in [2.24, 2.45) is 0 Å². The number of carbonyl (C=O) groups excluding carboxylic acids is 1. The fourth-order valence-electron chi connectivity index (χ4n) is 1.02. The third-order valence-corrected chi connectivity index (χ3v) is 2.02. The average molecular weight is 199 g/mol. The molecule has 1 amide bonds. The molecule has 1 N–H and O–H groups in total. The van der Waals surface area contributed by atoms with Crippen LogP contribution in [0.15, 0.2) is 4.52 Å². The summed E-state index contributed by atoms with van der Waals surface area (Å²) in [5.74, 6) is 0.296. The quantitative estimate of drug-likeness (QED) is 0.740. The van der Waals surface area contributed by atoms with Crippen LogP contribution in [-0.2, 0) is 15.1 Å². The molecular weight excluding hydrogens is 186 g/mol. The summed E-state index contributed by atoms with van der Waals surface area (Å²) in [6, 6.07) is 0. The molecule has 0 aliphatic rings. The lowest BCUT2D eigenvalue weighted by Gasteiger charge is -2.21. The van der Waals surface area contributed by atoms with Gasteiger partial charge in [0.2, 0.25) is 17.3 Å². The van der Waals surface area contributed by atoms with Gasteiger partial charge in [-0.05, 0) is 6.92 Å². The molecule has 0 fully saturated rings. The van der Waals surface area contributed by atoms with Crippen molar-refractivity contribution in [2.75, 3.05) is 14.2 Å². The predicted octanol–water partition coefficient (Wildman–Crippen LogP) is -0.0144. The summed E-state index contributed by atoms with van der Waals surface area (Å²) in [6.45, 7) is 3.23. The van der Waals surface area contributed by atoms with Crippen molar-refractivity contribution < 1.29 is 14.1 Å². The van der Waals surface area contributed by atoms with E-state index in [0.717, 1.165) is 0 Å². The molecule has 0 aliphatic heterocycles. The number of amides is 1. The Bertz CT molecular complexity index is 336. The highest BCUT2D eigenvalue weighted by Crippen LogP contribution is 2.21. The third kappa shape index (κ3) is 1.60. The van der Waals surface area contributed by atoms with E-state index >= 15 is 0 Å². The van der Waals surface area contributed by atoms with E-state index in [1.165, 1.54) is 14.2 Å². The van der Waals surface area contributed by atoms with Gasteiger partial charge in [0.25, 0.3) is 5.91 Å². The molecule has 0 radical (unpaired) electrons. The predicted molar refractivity (Wildman–Crippen MR) is 47.5 cm³/mol. The average Bonchev–Trinajstić information content (AvgIpc) is 2.62. The zero-order valence-corrected chi connectivity index (χ0v) is 8.62. The molecule has 1 atom stereocenters. The molecule has 1 aromatic heterocycles. The van der Waals surface area contributed by atoms with Crippen molar-refractivity contribution in [3.05, 3.63) is 11.7 Å². The Kier molecular flexibility index (Phi) is 2.85. The molecule has 14 heavy (non-hydrogen) atoms. The van der Waals surface area contributed by atoms with Gasteiger partial charge in [0, 0.05) is 21.1 Å². The van der Waals surface area contributed by atoms with Crippen LogP contribution in [0.4, 0.5) is 0 Å². The Morgan fingerprint density at radius 3 is 2.64 bits per heavy atom. The zero-order valence-electron chi connectivity index (χ0n) is 8.62. The number of likely N-dealkylation sites (N-methyl/N-ethyl adjacent to an activating group) is 1. The first-order chi connectivity index (χ1) is 6.54. The number of aryl methyl sites for hydroxylation is 1. The lowest BCUT2D eigenvalue weighted by Crippen LogP contribution is -2.43. The van der Waals surface area contributed by atoms with Gasteiger partial charge >= 0.3 is 0 Å². The molecule has 1 aromatic rings. The summed E-state index contributed by atoms with van der Waals surface area (Å²) in [7, 11) is 2.94. The third-order valence-electron chi connectivity index (χ3n) is 2.02. The van der Waals surface area contributed by atoms with E-state index in [-0.39, 0.29) is 11.7 Å². The van der Waals surface area contributed by atoms with Gasteiger partial charge in [-0.3, -0.25) is 4.79 Å².